The molecule has 3 aromatic carbocycles. The van der Waals surface area contributed by atoms with Crippen molar-refractivity contribution in [2.45, 2.75) is 0 Å². The summed E-state index contributed by atoms with van der Waals surface area (Å²) in [7, 11) is 0. The molecule has 3 rings (SSSR count). The molecule has 0 spiro atoms. The number of halogens is 9. The molecule has 0 aliphatic carbocycles. The van der Waals surface area contributed by atoms with Crippen LogP contribution in [-0.2, 0) is 0 Å². The Bertz CT molecular complexity index is 1760. The minimum Gasteiger partial charge on any atom is -0.206 e. The first-order valence-corrected chi connectivity index (χ1v) is 9.33. The summed E-state index contributed by atoms with van der Waals surface area (Å²) in [6.07, 6.45) is 0. The van der Waals surface area contributed by atoms with Gasteiger partial charge in [-0.1, -0.05) is 0 Å². The van der Waals surface area contributed by atoms with E-state index in [1.807, 2.05) is 0 Å². The van der Waals surface area contributed by atoms with Gasteiger partial charge in [0.2, 0.25) is 0 Å². The summed E-state index contributed by atoms with van der Waals surface area (Å²) in [5.74, 6) is -19.3. The molecular weight excluding hydrogens is 515 g/mol. The third kappa shape index (κ3) is 4.09. The van der Waals surface area contributed by atoms with Crippen LogP contribution >= 0.6 is 0 Å². The van der Waals surface area contributed by atoms with E-state index in [0.717, 1.165) is 24.3 Å². The highest BCUT2D eigenvalue weighted by Crippen LogP contribution is 2.31. The zero-order valence-corrected chi connectivity index (χ0v) is 17.4. The van der Waals surface area contributed by atoms with Crippen LogP contribution in [-0.4, -0.2) is 0 Å². The second kappa shape index (κ2) is 9.77. The lowest BCUT2D eigenvalue weighted by Gasteiger charge is -2.15. The predicted molar refractivity (Wildman–Crippen MR) is 105 cm³/mol. The summed E-state index contributed by atoms with van der Waals surface area (Å²) in [5.41, 5.74) is -8.30. The third-order valence-electron chi connectivity index (χ3n) is 4.97. The van der Waals surface area contributed by atoms with Crippen LogP contribution in [0.5, 0.6) is 0 Å². The van der Waals surface area contributed by atoms with E-state index in [0.29, 0.717) is 0 Å². The first-order valence-electron chi connectivity index (χ1n) is 9.33. The lowest BCUT2D eigenvalue weighted by molar-refractivity contribution is 0.410. The van der Waals surface area contributed by atoms with E-state index >= 15 is 8.78 Å². The van der Waals surface area contributed by atoms with Crippen LogP contribution in [0.4, 0.5) is 39.5 Å². The largest absolute Gasteiger partial charge is 0.206 e. The Morgan fingerprint density at radius 2 is 0.865 bits per heavy atom. The maximum absolute atomic E-state index is 15.9. The molecule has 0 amide bonds. The molecule has 0 saturated carbocycles. The van der Waals surface area contributed by atoms with Crippen LogP contribution in [0.1, 0.15) is 0 Å². The maximum Gasteiger partial charge on any atom is 0.198 e. The number of nitrogens with zero attached hydrogens (tertiary/aromatic N) is 4. The standard InChI is InChI=1S/C24H3F9N4/c25-12-1-8(2-13(26)20(12)29)15-16(9(4-34)5-35)23(32)18(17(22(15)31)10(6-36)7-37)11-3-14(27)21(30)24(33)19(11)28/h1-3H. The first-order chi connectivity index (χ1) is 17.4. The fourth-order valence-electron chi connectivity index (χ4n) is 3.41. The number of hydrogen-bond acceptors (Lipinski definition) is 4. The highest BCUT2D eigenvalue weighted by Gasteiger charge is 2.29. The average molecular weight is 518 g/mol. The van der Waals surface area contributed by atoms with Gasteiger partial charge in [0.05, 0.1) is 10.4 Å². The van der Waals surface area contributed by atoms with Crippen molar-refractivity contribution < 1.29 is 39.5 Å². The number of nitriles is 4. The topological polar surface area (TPSA) is 95.2 Å². The molecular formula is C24H3F9N4. The van der Waals surface area contributed by atoms with Crippen molar-refractivity contribution in [3.63, 3.8) is 0 Å². The Morgan fingerprint density at radius 1 is 0.459 bits per heavy atom. The van der Waals surface area contributed by atoms with Gasteiger partial charge in [-0.2, -0.15) is 21.0 Å². The van der Waals surface area contributed by atoms with Gasteiger partial charge in [-0.05, 0) is 23.8 Å². The van der Waals surface area contributed by atoms with Crippen molar-refractivity contribution in [2.24, 2.45) is 0 Å². The van der Waals surface area contributed by atoms with Crippen LogP contribution in [0.25, 0.3) is 33.4 Å². The van der Waals surface area contributed by atoms with Gasteiger partial charge in [-0.25, -0.2) is 39.5 Å². The second-order valence-electron chi connectivity index (χ2n) is 6.93. The number of benzene rings is 3. The van der Waals surface area contributed by atoms with Crippen LogP contribution in [0.3, 0.4) is 0 Å². The molecule has 0 aliphatic rings. The highest BCUT2D eigenvalue weighted by molar-refractivity contribution is 5.86. The summed E-state index contributed by atoms with van der Waals surface area (Å²) in [6, 6.07) is 4.58. The lowest BCUT2D eigenvalue weighted by atomic mass is 9.90. The number of hydrogen-bond donors (Lipinski definition) is 0. The van der Waals surface area contributed by atoms with Crippen molar-refractivity contribution in [2.75, 3.05) is 0 Å². The quantitative estimate of drug-likeness (QED) is 0.280. The minimum atomic E-state index is -2.51. The SMILES string of the molecule is N#CC(C#N)=c1c(F)c(-c2cc(F)c(F)c(F)c2F)c(=C(C#N)C#N)c(F)c1-c1cc(F)c(F)c(F)c1. The van der Waals surface area contributed by atoms with Gasteiger partial charge in [-0.3, -0.25) is 0 Å². The molecule has 0 aliphatic heterocycles. The van der Waals surface area contributed by atoms with E-state index in [4.69, 9.17) is 0 Å². The van der Waals surface area contributed by atoms with E-state index in [-0.39, 0.29) is 18.2 Å². The fraction of sp³-hybridized carbons (Fsp3) is 0. The van der Waals surface area contributed by atoms with Gasteiger partial charge in [0.1, 0.15) is 47.1 Å². The average Bonchev–Trinajstić information content (AvgIpc) is 2.87. The molecule has 0 heterocycles. The Hall–Kier alpha value is -5.27. The van der Waals surface area contributed by atoms with Gasteiger partial charge >= 0.3 is 0 Å². The van der Waals surface area contributed by atoms with E-state index in [1.165, 1.54) is 0 Å². The monoisotopic (exact) mass is 518 g/mol. The zero-order chi connectivity index (χ0) is 27.8. The summed E-state index contributed by atoms with van der Waals surface area (Å²) in [4.78, 5) is 0. The smallest absolute Gasteiger partial charge is 0.198 e. The molecule has 182 valence electrons. The summed E-state index contributed by atoms with van der Waals surface area (Å²) >= 11 is 0. The molecule has 4 nitrogen and oxygen atoms in total. The van der Waals surface area contributed by atoms with Gasteiger partial charge in [0.15, 0.2) is 40.7 Å². The van der Waals surface area contributed by atoms with E-state index in [2.05, 4.69) is 0 Å². The van der Waals surface area contributed by atoms with Crippen molar-refractivity contribution >= 4 is 11.1 Å². The lowest BCUT2D eigenvalue weighted by Crippen LogP contribution is -2.29. The summed E-state index contributed by atoms with van der Waals surface area (Å²) in [5, 5.41) is 34.1. The molecule has 0 fully saturated rings. The maximum atomic E-state index is 15.9. The Kier molecular flexibility index (Phi) is 6.95. The molecule has 0 radical (unpaired) electrons. The minimum absolute atomic E-state index is 0.117. The molecule has 0 saturated heterocycles. The van der Waals surface area contributed by atoms with Crippen LogP contribution < -0.4 is 10.4 Å². The Labute approximate surface area is 199 Å². The Balaban J connectivity index is 2.87. The molecule has 13 heteroatoms. The summed E-state index contributed by atoms with van der Waals surface area (Å²) in [6.45, 7) is 0. The van der Waals surface area contributed by atoms with Gasteiger partial charge in [0.25, 0.3) is 0 Å². The van der Waals surface area contributed by atoms with E-state index < -0.39 is 96.2 Å². The molecule has 0 aromatic heterocycles. The predicted octanol–water partition coefficient (Wildman–Crippen LogP) is 4.67. The van der Waals surface area contributed by atoms with Crippen molar-refractivity contribution in [3.8, 4) is 46.5 Å². The molecule has 0 atom stereocenters. The van der Waals surface area contributed by atoms with Crippen LogP contribution in [0.2, 0.25) is 0 Å². The van der Waals surface area contributed by atoms with Crippen molar-refractivity contribution in [3.05, 3.63) is 81.0 Å². The first kappa shape index (κ1) is 26.3. The highest BCUT2D eigenvalue weighted by atomic mass is 19.2. The fourth-order valence-corrected chi connectivity index (χ4v) is 3.41. The molecule has 37 heavy (non-hydrogen) atoms. The van der Waals surface area contributed by atoms with Crippen molar-refractivity contribution in [1.82, 2.24) is 0 Å². The van der Waals surface area contributed by atoms with Gasteiger partial charge in [-0.15, -0.1) is 0 Å². The second-order valence-corrected chi connectivity index (χ2v) is 6.93. The van der Waals surface area contributed by atoms with Gasteiger partial charge in [0, 0.05) is 16.7 Å². The zero-order valence-electron chi connectivity index (χ0n) is 17.4. The normalized spacial score (nSPS) is 10.2. The van der Waals surface area contributed by atoms with E-state index in [1.54, 1.807) is 0 Å². The van der Waals surface area contributed by atoms with Crippen LogP contribution in [0.15, 0.2) is 18.2 Å². The van der Waals surface area contributed by atoms with E-state index in [9.17, 15) is 51.8 Å². The third-order valence-corrected chi connectivity index (χ3v) is 4.97. The Morgan fingerprint density at radius 3 is 1.32 bits per heavy atom. The van der Waals surface area contributed by atoms with Gasteiger partial charge < -0.3 is 0 Å². The molecule has 0 N–H and O–H groups in total. The van der Waals surface area contributed by atoms with Crippen LogP contribution in [0, 0.1) is 97.7 Å². The molecule has 0 unspecified atom stereocenters. The summed E-state index contributed by atoms with van der Waals surface area (Å²) < 4.78 is 129. The molecule has 0 bridgehead atoms. The van der Waals surface area contributed by atoms with Crippen molar-refractivity contribution in [1.29, 1.82) is 21.0 Å². The number of rotatable bonds is 2. The molecule has 3 aromatic rings.